The quantitative estimate of drug-likeness (QED) is 0.744. The van der Waals surface area contributed by atoms with Gasteiger partial charge in [0.25, 0.3) is 0 Å². The molecule has 2 aromatic carbocycles. The van der Waals surface area contributed by atoms with Crippen LogP contribution in [0.2, 0.25) is 5.02 Å². The second-order valence-electron chi connectivity index (χ2n) is 4.37. The second kappa shape index (κ2) is 4.28. The van der Waals surface area contributed by atoms with Gasteiger partial charge in [-0.25, -0.2) is 4.39 Å². The van der Waals surface area contributed by atoms with E-state index in [1.807, 2.05) is 0 Å². The summed E-state index contributed by atoms with van der Waals surface area (Å²) in [6.07, 6.45) is 0. The fourth-order valence-corrected chi connectivity index (χ4v) is 2.52. The summed E-state index contributed by atoms with van der Waals surface area (Å²) in [6, 6.07) is 10.5. The van der Waals surface area contributed by atoms with Crippen LogP contribution in [0.5, 0.6) is 0 Å². The summed E-state index contributed by atoms with van der Waals surface area (Å²) >= 11 is 5.68. The molecule has 3 rings (SSSR count). The number of carbonyl (C=O) groups is 2. The van der Waals surface area contributed by atoms with Crippen molar-refractivity contribution in [3.05, 3.63) is 70.0 Å². The van der Waals surface area contributed by atoms with E-state index < -0.39 is 11.7 Å². The topological polar surface area (TPSA) is 34.1 Å². The van der Waals surface area contributed by atoms with Crippen molar-refractivity contribution in [2.75, 3.05) is 0 Å². The molecule has 0 fully saturated rings. The van der Waals surface area contributed by atoms with Gasteiger partial charge in [0.05, 0.1) is 0 Å². The third-order valence-electron chi connectivity index (χ3n) is 3.26. The van der Waals surface area contributed by atoms with Crippen molar-refractivity contribution in [3.8, 4) is 0 Å². The van der Waals surface area contributed by atoms with Gasteiger partial charge in [-0.15, -0.1) is 0 Å². The Bertz CT molecular complexity index is 674. The Balaban J connectivity index is 2.14. The van der Waals surface area contributed by atoms with E-state index in [9.17, 15) is 14.0 Å². The van der Waals surface area contributed by atoms with Crippen LogP contribution in [-0.4, -0.2) is 11.6 Å². The lowest BCUT2D eigenvalue weighted by Gasteiger charge is -2.08. The van der Waals surface area contributed by atoms with Gasteiger partial charge in [-0.2, -0.15) is 0 Å². The summed E-state index contributed by atoms with van der Waals surface area (Å²) < 4.78 is 13.9. The average molecular weight is 275 g/mol. The lowest BCUT2D eigenvalue weighted by atomic mass is 9.94. The highest BCUT2D eigenvalue weighted by Gasteiger charge is 2.40. The van der Waals surface area contributed by atoms with Gasteiger partial charge >= 0.3 is 0 Å². The van der Waals surface area contributed by atoms with Crippen molar-refractivity contribution in [1.29, 1.82) is 0 Å². The predicted octanol–water partition coefficient (Wildman–Crippen LogP) is 3.64. The molecule has 2 nitrogen and oxygen atoms in total. The molecule has 0 N–H and O–H groups in total. The Kier molecular flexibility index (Phi) is 2.72. The number of halogens is 2. The van der Waals surface area contributed by atoms with E-state index in [-0.39, 0.29) is 22.2 Å². The third kappa shape index (κ3) is 1.78. The molecule has 0 atom stereocenters. The van der Waals surface area contributed by atoms with Crippen molar-refractivity contribution in [2.45, 2.75) is 5.92 Å². The van der Waals surface area contributed by atoms with E-state index in [0.29, 0.717) is 11.1 Å². The standard InChI is InChI=1S/C15H8ClFO2/c16-8-5-6-11(12(17)7-8)13-14(18)9-3-1-2-4-10(9)15(13)19/h1-7,13H. The molecule has 0 aromatic heterocycles. The minimum absolute atomic E-state index is 0.0793. The zero-order valence-corrected chi connectivity index (χ0v) is 10.4. The molecule has 0 saturated carbocycles. The summed E-state index contributed by atoms with van der Waals surface area (Å²) in [5, 5.41) is 0.233. The zero-order valence-electron chi connectivity index (χ0n) is 9.69. The fraction of sp³-hybridized carbons (Fsp3) is 0.0667. The Hall–Kier alpha value is -2.00. The first-order valence-corrected chi connectivity index (χ1v) is 6.10. The Labute approximate surface area is 113 Å². The van der Waals surface area contributed by atoms with Crippen LogP contribution in [0, 0.1) is 5.82 Å². The number of carbonyl (C=O) groups excluding carboxylic acids is 2. The van der Waals surface area contributed by atoms with Crippen LogP contribution >= 0.6 is 11.6 Å². The van der Waals surface area contributed by atoms with Gasteiger partial charge in [-0.1, -0.05) is 41.9 Å². The highest BCUT2D eigenvalue weighted by molar-refractivity contribution is 6.31. The SMILES string of the molecule is O=C1c2ccccc2C(=O)C1c1ccc(Cl)cc1F. The predicted molar refractivity (Wildman–Crippen MR) is 69.3 cm³/mol. The lowest BCUT2D eigenvalue weighted by Crippen LogP contribution is -2.14. The van der Waals surface area contributed by atoms with Gasteiger partial charge in [0.2, 0.25) is 0 Å². The molecule has 0 amide bonds. The van der Waals surface area contributed by atoms with Crippen LogP contribution in [0.3, 0.4) is 0 Å². The minimum atomic E-state index is -1.09. The molecule has 0 heterocycles. The van der Waals surface area contributed by atoms with Crippen LogP contribution in [0.25, 0.3) is 0 Å². The van der Waals surface area contributed by atoms with Gasteiger partial charge in [0.15, 0.2) is 11.6 Å². The minimum Gasteiger partial charge on any atom is -0.293 e. The summed E-state index contributed by atoms with van der Waals surface area (Å²) in [7, 11) is 0. The van der Waals surface area contributed by atoms with Gasteiger partial charge in [0.1, 0.15) is 11.7 Å². The molecule has 0 bridgehead atoms. The molecule has 4 heteroatoms. The Morgan fingerprint density at radius 3 is 2.05 bits per heavy atom. The number of rotatable bonds is 1. The van der Waals surface area contributed by atoms with E-state index in [2.05, 4.69) is 0 Å². The normalized spacial score (nSPS) is 14.8. The van der Waals surface area contributed by atoms with Crippen LogP contribution < -0.4 is 0 Å². The maximum absolute atomic E-state index is 13.9. The summed E-state index contributed by atoms with van der Waals surface area (Å²) in [4.78, 5) is 24.4. The number of fused-ring (bicyclic) bond motifs is 1. The largest absolute Gasteiger partial charge is 0.293 e. The third-order valence-corrected chi connectivity index (χ3v) is 3.49. The molecule has 1 aliphatic rings. The molecule has 19 heavy (non-hydrogen) atoms. The Morgan fingerprint density at radius 2 is 1.53 bits per heavy atom. The Morgan fingerprint density at radius 1 is 0.947 bits per heavy atom. The molecule has 0 aliphatic heterocycles. The van der Waals surface area contributed by atoms with E-state index >= 15 is 0 Å². The van der Waals surface area contributed by atoms with Crippen molar-refractivity contribution in [3.63, 3.8) is 0 Å². The van der Waals surface area contributed by atoms with E-state index in [4.69, 9.17) is 11.6 Å². The van der Waals surface area contributed by atoms with Crippen molar-refractivity contribution in [1.82, 2.24) is 0 Å². The molecule has 0 radical (unpaired) electrons. The number of hydrogen-bond acceptors (Lipinski definition) is 2. The van der Waals surface area contributed by atoms with Gasteiger partial charge in [-0.05, 0) is 12.1 Å². The van der Waals surface area contributed by atoms with Crippen molar-refractivity contribution < 1.29 is 14.0 Å². The first-order valence-electron chi connectivity index (χ1n) is 5.72. The summed E-state index contributed by atoms with van der Waals surface area (Å²) in [5.41, 5.74) is 0.786. The van der Waals surface area contributed by atoms with Gasteiger partial charge in [0, 0.05) is 21.7 Å². The first-order chi connectivity index (χ1) is 9.09. The number of ketones is 2. The smallest absolute Gasteiger partial charge is 0.178 e. The molecular formula is C15H8ClFO2. The van der Waals surface area contributed by atoms with Crippen molar-refractivity contribution >= 4 is 23.2 Å². The number of Topliss-reactive ketones (excluding diaryl/α,β-unsaturated/α-hetero) is 2. The maximum Gasteiger partial charge on any atom is 0.178 e. The van der Waals surface area contributed by atoms with E-state index in [1.165, 1.54) is 12.1 Å². The van der Waals surface area contributed by atoms with Crippen LogP contribution in [0.15, 0.2) is 42.5 Å². The molecule has 94 valence electrons. The maximum atomic E-state index is 13.9. The van der Waals surface area contributed by atoms with Gasteiger partial charge < -0.3 is 0 Å². The molecular weight excluding hydrogens is 267 g/mol. The number of benzene rings is 2. The highest BCUT2D eigenvalue weighted by Crippen LogP contribution is 2.35. The first kappa shape index (κ1) is 12.1. The van der Waals surface area contributed by atoms with Crippen LogP contribution in [-0.2, 0) is 0 Å². The molecule has 0 spiro atoms. The number of hydrogen-bond donors (Lipinski definition) is 0. The zero-order chi connectivity index (χ0) is 13.6. The monoisotopic (exact) mass is 274 g/mol. The van der Waals surface area contributed by atoms with Crippen LogP contribution in [0.4, 0.5) is 4.39 Å². The highest BCUT2D eigenvalue weighted by atomic mass is 35.5. The average Bonchev–Trinajstić information content (AvgIpc) is 2.64. The molecule has 0 saturated heterocycles. The fourth-order valence-electron chi connectivity index (χ4n) is 2.36. The molecule has 0 unspecified atom stereocenters. The van der Waals surface area contributed by atoms with E-state index in [0.717, 1.165) is 6.07 Å². The summed E-state index contributed by atoms with van der Waals surface area (Å²) in [5.74, 6) is -2.44. The summed E-state index contributed by atoms with van der Waals surface area (Å²) in [6.45, 7) is 0. The molecule has 1 aliphatic carbocycles. The van der Waals surface area contributed by atoms with E-state index in [1.54, 1.807) is 24.3 Å². The van der Waals surface area contributed by atoms with Gasteiger partial charge in [-0.3, -0.25) is 9.59 Å². The van der Waals surface area contributed by atoms with Crippen molar-refractivity contribution in [2.24, 2.45) is 0 Å². The second-order valence-corrected chi connectivity index (χ2v) is 4.81. The van der Waals surface area contributed by atoms with Crippen LogP contribution in [0.1, 0.15) is 32.2 Å². The molecule has 2 aromatic rings. The lowest BCUT2D eigenvalue weighted by molar-refractivity contribution is 0.0888.